The zero-order valence-electron chi connectivity index (χ0n) is 16.7. The van der Waals surface area contributed by atoms with Gasteiger partial charge in [-0.15, -0.1) is 0 Å². The fourth-order valence-electron chi connectivity index (χ4n) is 3.77. The summed E-state index contributed by atoms with van der Waals surface area (Å²) in [5, 5.41) is 2.84. The molecule has 2 saturated heterocycles. The first-order valence-electron chi connectivity index (χ1n) is 10.3. The van der Waals surface area contributed by atoms with Gasteiger partial charge in [-0.05, 0) is 56.6 Å². The molecule has 0 unspecified atom stereocenters. The van der Waals surface area contributed by atoms with E-state index in [-0.39, 0.29) is 24.8 Å². The second-order valence-electron chi connectivity index (χ2n) is 7.69. The van der Waals surface area contributed by atoms with Crippen LogP contribution in [0.15, 0.2) is 24.3 Å². The molecule has 0 atom stereocenters. The highest BCUT2D eigenvalue weighted by Crippen LogP contribution is 2.12. The molecular weight excluding hydrogens is 375 g/mol. The number of piperidine rings is 1. The maximum atomic E-state index is 13.0. The van der Waals surface area contributed by atoms with Gasteiger partial charge >= 0.3 is 11.8 Å². The molecule has 0 aliphatic carbocycles. The monoisotopic (exact) mass is 404 g/mol. The molecule has 0 spiro atoms. The molecule has 1 N–H and O–H groups in total. The van der Waals surface area contributed by atoms with Crippen molar-refractivity contribution in [3.63, 3.8) is 0 Å². The van der Waals surface area contributed by atoms with Crippen LogP contribution < -0.4 is 5.32 Å². The van der Waals surface area contributed by atoms with E-state index in [1.165, 1.54) is 41.2 Å². The lowest BCUT2D eigenvalue weighted by atomic mass is 10.1. The van der Waals surface area contributed by atoms with Crippen LogP contribution in [0, 0.1) is 5.82 Å². The first-order chi connectivity index (χ1) is 14.0. The number of rotatable bonds is 8. The molecule has 2 fully saturated rings. The molecule has 3 rings (SSSR count). The minimum Gasteiger partial charge on any atom is -0.355 e. The number of carbonyl (C=O) groups is 3. The summed E-state index contributed by atoms with van der Waals surface area (Å²) in [6.07, 6.45) is 4.67. The summed E-state index contributed by atoms with van der Waals surface area (Å²) in [6.45, 7) is 4.62. The quantitative estimate of drug-likeness (QED) is 0.518. The van der Waals surface area contributed by atoms with Crippen molar-refractivity contribution in [1.82, 2.24) is 20.0 Å². The Balaban J connectivity index is 1.38. The van der Waals surface area contributed by atoms with Crippen molar-refractivity contribution in [1.29, 1.82) is 0 Å². The van der Waals surface area contributed by atoms with Crippen LogP contribution in [0.5, 0.6) is 0 Å². The van der Waals surface area contributed by atoms with Crippen molar-refractivity contribution >= 4 is 17.7 Å². The fourth-order valence-corrected chi connectivity index (χ4v) is 3.77. The number of likely N-dealkylation sites (tertiary alicyclic amines) is 1. The van der Waals surface area contributed by atoms with Gasteiger partial charge in [0, 0.05) is 26.2 Å². The molecule has 1 aromatic carbocycles. The lowest BCUT2D eigenvalue weighted by Crippen LogP contribution is -2.56. The third-order valence-corrected chi connectivity index (χ3v) is 5.44. The van der Waals surface area contributed by atoms with Crippen LogP contribution >= 0.6 is 0 Å². The van der Waals surface area contributed by atoms with Gasteiger partial charge in [0.15, 0.2) is 0 Å². The number of piperazine rings is 1. The maximum Gasteiger partial charge on any atom is 0.312 e. The summed E-state index contributed by atoms with van der Waals surface area (Å²) in [5.41, 5.74) is 0.757. The normalized spacial score (nSPS) is 18.2. The van der Waals surface area contributed by atoms with E-state index >= 15 is 0 Å². The van der Waals surface area contributed by atoms with Gasteiger partial charge in [0.2, 0.25) is 5.91 Å². The number of nitrogens with zero attached hydrogens (tertiary/aromatic N) is 3. The molecule has 0 aromatic heterocycles. The van der Waals surface area contributed by atoms with Gasteiger partial charge in [-0.2, -0.15) is 0 Å². The lowest BCUT2D eigenvalue weighted by Gasteiger charge is -2.33. The number of hydrogen-bond donors (Lipinski definition) is 1. The van der Waals surface area contributed by atoms with Gasteiger partial charge in [0.05, 0.1) is 0 Å². The average molecular weight is 404 g/mol. The predicted octanol–water partition coefficient (Wildman–Crippen LogP) is 0.989. The Morgan fingerprint density at radius 1 is 0.931 bits per heavy atom. The predicted molar refractivity (Wildman–Crippen MR) is 106 cm³/mol. The van der Waals surface area contributed by atoms with Crippen molar-refractivity contribution in [3.05, 3.63) is 35.6 Å². The summed E-state index contributed by atoms with van der Waals surface area (Å²) in [4.78, 5) is 42.0. The Morgan fingerprint density at radius 3 is 2.31 bits per heavy atom. The van der Waals surface area contributed by atoms with E-state index in [4.69, 9.17) is 0 Å². The number of hydrogen-bond acceptors (Lipinski definition) is 4. The Kier molecular flexibility index (Phi) is 7.57. The molecule has 29 heavy (non-hydrogen) atoms. The van der Waals surface area contributed by atoms with Gasteiger partial charge < -0.3 is 20.0 Å². The van der Waals surface area contributed by atoms with Crippen LogP contribution in [-0.2, 0) is 20.9 Å². The first-order valence-corrected chi connectivity index (χ1v) is 10.3. The zero-order valence-corrected chi connectivity index (χ0v) is 16.7. The van der Waals surface area contributed by atoms with Crippen molar-refractivity contribution in [2.45, 2.75) is 32.2 Å². The van der Waals surface area contributed by atoms with Crippen molar-refractivity contribution in [2.24, 2.45) is 0 Å². The molecule has 0 saturated carbocycles. The number of nitrogens with one attached hydrogen (secondary N) is 1. The van der Waals surface area contributed by atoms with E-state index in [0.29, 0.717) is 19.6 Å². The van der Waals surface area contributed by atoms with E-state index < -0.39 is 11.8 Å². The number of benzene rings is 1. The Bertz CT molecular complexity index is 719. The van der Waals surface area contributed by atoms with Crippen molar-refractivity contribution in [3.8, 4) is 0 Å². The molecule has 0 bridgehead atoms. The third kappa shape index (κ3) is 6.25. The van der Waals surface area contributed by atoms with Crippen LogP contribution in [0.25, 0.3) is 0 Å². The number of carbonyl (C=O) groups excluding carboxylic acids is 3. The fraction of sp³-hybridized carbons (Fsp3) is 0.571. The molecule has 3 amide bonds. The largest absolute Gasteiger partial charge is 0.355 e. The zero-order chi connectivity index (χ0) is 20.6. The number of amides is 3. The Morgan fingerprint density at radius 2 is 1.59 bits per heavy atom. The van der Waals surface area contributed by atoms with Gasteiger partial charge in [0.1, 0.15) is 12.4 Å². The Labute approximate surface area is 170 Å². The summed E-state index contributed by atoms with van der Waals surface area (Å²) in [5.74, 6) is -1.88. The van der Waals surface area contributed by atoms with E-state index in [2.05, 4.69) is 10.2 Å². The highest BCUT2D eigenvalue weighted by Gasteiger charge is 2.33. The minimum absolute atomic E-state index is 0.0985. The van der Waals surface area contributed by atoms with Crippen LogP contribution in [0.3, 0.4) is 0 Å². The van der Waals surface area contributed by atoms with Crippen LogP contribution in [0.4, 0.5) is 4.39 Å². The molecule has 8 heteroatoms. The SMILES string of the molecule is O=C(CN1CCN(Cc2ccc(F)cc2)C(=O)C1=O)NCCCN1CCCCC1. The van der Waals surface area contributed by atoms with Gasteiger partial charge in [-0.25, -0.2) is 4.39 Å². The minimum atomic E-state index is -0.665. The maximum absolute atomic E-state index is 13.0. The first kappa shape index (κ1) is 21.2. The summed E-state index contributed by atoms with van der Waals surface area (Å²) in [6, 6.07) is 5.84. The third-order valence-electron chi connectivity index (χ3n) is 5.44. The molecular formula is C21H29FN4O3. The summed E-state index contributed by atoms with van der Waals surface area (Å²) in [7, 11) is 0. The number of halogens is 1. The van der Waals surface area contributed by atoms with Gasteiger partial charge in [0.25, 0.3) is 0 Å². The molecule has 158 valence electrons. The molecule has 7 nitrogen and oxygen atoms in total. The summed E-state index contributed by atoms with van der Waals surface area (Å²) >= 11 is 0. The van der Waals surface area contributed by atoms with Gasteiger partial charge in [-0.3, -0.25) is 14.4 Å². The topological polar surface area (TPSA) is 73.0 Å². The van der Waals surface area contributed by atoms with E-state index in [1.807, 2.05) is 0 Å². The van der Waals surface area contributed by atoms with Crippen LogP contribution in [-0.4, -0.2) is 78.2 Å². The molecule has 1 aromatic rings. The highest BCUT2D eigenvalue weighted by molar-refractivity contribution is 6.35. The van der Waals surface area contributed by atoms with Crippen molar-refractivity contribution in [2.75, 3.05) is 45.8 Å². The molecule has 0 radical (unpaired) electrons. The average Bonchev–Trinajstić information content (AvgIpc) is 2.73. The molecule has 2 aliphatic heterocycles. The smallest absolute Gasteiger partial charge is 0.312 e. The van der Waals surface area contributed by atoms with Gasteiger partial charge in [-0.1, -0.05) is 18.6 Å². The lowest BCUT2D eigenvalue weighted by molar-refractivity contribution is -0.157. The van der Waals surface area contributed by atoms with E-state index in [1.54, 1.807) is 12.1 Å². The van der Waals surface area contributed by atoms with E-state index in [9.17, 15) is 18.8 Å². The second kappa shape index (κ2) is 10.3. The molecule has 2 aliphatic rings. The van der Waals surface area contributed by atoms with E-state index in [0.717, 1.165) is 31.6 Å². The van der Waals surface area contributed by atoms with Crippen LogP contribution in [0.1, 0.15) is 31.2 Å². The highest BCUT2D eigenvalue weighted by atomic mass is 19.1. The Hall–Kier alpha value is -2.48. The van der Waals surface area contributed by atoms with Crippen LogP contribution in [0.2, 0.25) is 0 Å². The summed E-state index contributed by atoms with van der Waals surface area (Å²) < 4.78 is 13.0. The second-order valence-corrected chi connectivity index (χ2v) is 7.69. The standard InChI is InChI=1S/C21H29FN4O3/c22-18-7-5-17(6-8-18)15-25-13-14-26(21(29)20(25)28)16-19(27)23-9-4-12-24-10-2-1-3-11-24/h5-8H,1-4,9-16H2,(H,23,27). The molecule has 2 heterocycles. The van der Waals surface area contributed by atoms with Crippen molar-refractivity contribution < 1.29 is 18.8 Å².